The van der Waals surface area contributed by atoms with Gasteiger partial charge in [0.05, 0.1) is 24.2 Å². The Labute approximate surface area is 189 Å². The maximum Gasteiger partial charge on any atom is 0.243 e. The molecule has 0 atom stereocenters. The van der Waals surface area contributed by atoms with Crippen molar-refractivity contribution in [2.24, 2.45) is 0 Å². The fourth-order valence-electron chi connectivity index (χ4n) is 3.68. The van der Waals surface area contributed by atoms with E-state index in [4.69, 9.17) is 16.3 Å². The summed E-state index contributed by atoms with van der Waals surface area (Å²) < 4.78 is 32.8. The van der Waals surface area contributed by atoms with Gasteiger partial charge in [0.15, 0.2) is 0 Å². The largest absolute Gasteiger partial charge is 0.495 e. The number of carbonyl (C=O) groups excluding carboxylic acids is 1. The Morgan fingerprint density at radius 1 is 1.06 bits per heavy atom. The minimum absolute atomic E-state index is 0.169. The number of methoxy groups -OCH3 is 1. The zero-order valence-corrected chi connectivity index (χ0v) is 19.8. The van der Waals surface area contributed by atoms with Crippen molar-refractivity contribution in [3.8, 4) is 5.75 Å². The average Bonchev–Trinajstić information content (AvgIpc) is 2.70. The molecule has 0 spiro atoms. The molecule has 31 heavy (non-hydrogen) atoms. The average molecular weight is 466 g/mol. The molecule has 7 nitrogen and oxygen atoms in total. The van der Waals surface area contributed by atoms with Crippen LogP contribution in [0.15, 0.2) is 35.2 Å². The Kier molecular flexibility index (Phi) is 7.26. The number of amides is 1. The van der Waals surface area contributed by atoms with E-state index in [1.165, 1.54) is 11.4 Å². The number of rotatable bonds is 6. The third kappa shape index (κ3) is 5.38. The van der Waals surface area contributed by atoms with E-state index < -0.39 is 10.0 Å². The molecule has 0 unspecified atom stereocenters. The summed E-state index contributed by atoms with van der Waals surface area (Å²) in [7, 11) is -2.03. The van der Waals surface area contributed by atoms with E-state index in [2.05, 4.69) is 5.32 Å². The Bertz CT molecular complexity index is 1080. The van der Waals surface area contributed by atoms with E-state index in [0.29, 0.717) is 47.5 Å². The molecular formula is C22H28ClN3O4S. The van der Waals surface area contributed by atoms with Crippen LogP contribution in [0.3, 0.4) is 0 Å². The lowest BCUT2D eigenvalue weighted by Gasteiger charge is -2.33. The quantitative estimate of drug-likeness (QED) is 0.708. The van der Waals surface area contributed by atoms with Gasteiger partial charge in [-0.25, -0.2) is 8.42 Å². The van der Waals surface area contributed by atoms with Crippen LogP contribution in [0.25, 0.3) is 0 Å². The molecule has 0 aliphatic carbocycles. The SMILES string of the molecule is COc1cc(Cl)c(C)cc1NC(=O)CN1CCN(S(=O)(=O)c2ccc(C)cc2C)CC1. The number of sulfonamides is 1. The minimum Gasteiger partial charge on any atom is -0.495 e. The molecule has 1 amide bonds. The van der Waals surface area contributed by atoms with Crippen LogP contribution in [-0.2, 0) is 14.8 Å². The normalized spacial score (nSPS) is 15.6. The number of hydrogen-bond donors (Lipinski definition) is 1. The number of aryl methyl sites for hydroxylation is 3. The van der Waals surface area contributed by atoms with Crippen LogP contribution in [-0.4, -0.2) is 63.4 Å². The van der Waals surface area contributed by atoms with Crippen molar-refractivity contribution in [3.63, 3.8) is 0 Å². The summed E-state index contributed by atoms with van der Waals surface area (Å²) in [6, 6.07) is 8.80. The highest BCUT2D eigenvalue weighted by Crippen LogP contribution is 2.31. The lowest BCUT2D eigenvalue weighted by molar-refractivity contribution is -0.117. The topological polar surface area (TPSA) is 79.0 Å². The van der Waals surface area contributed by atoms with Gasteiger partial charge in [0.25, 0.3) is 0 Å². The molecular weight excluding hydrogens is 438 g/mol. The maximum atomic E-state index is 13.0. The van der Waals surface area contributed by atoms with Gasteiger partial charge in [-0.15, -0.1) is 0 Å². The third-order valence-electron chi connectivity index (χ3n) is 5.40. The monoisotopic (exact) mass is 465 g/mol. The standard InChI is InChI=1S/C22H28ClN3O4S/c1-15-5-6-21(17(3)11-15)31(28,29)26-9-7-25(8-10-26)14-22(27)24-19-12-16(2)18(23)13-20(19)30-4/h5-6,11-13H,7-10,14H2,1-4H3,(H,24,27). The Morgan fingerprint density at radius 3 is 2.35 bits per heavy atom. The Hall–Kier alpha value is -2.13. The molecule has 9 heteroatoms. The summed E-state index contributed by atoms with van der Waals surface area (Å²) in [5, 5.41) is 3.43. The highest BCUT2D eigenvalue weighted by atomic mass is 35.5. The van der Waals surface area contributed by atoms with Crippen molar-refractivity contribution >= 4 is 33.2 Å². The Balaban J connectivity index is 1.60. The van der Waals surface area contributed by atoms with Gasteiger partial charge >= 0.3 is 0 Å². The molecule has 0 saturated carbocycles. The maximum absolute atomic E-state index is 13.0. The van der Waals surface area contributed by atoms with Gasteiger partial charge in [-0.3, -0.25) is 9.69 Å². The van der Waals surface area contributed by atoms with Crippen molar-refractivity contribution in [3.05, 3.63) is 52.0 Å². The first-order valence-electron chi connectivity index (χ1n) is 10.1. The molecule has 1 N–H and O–H groups in total. The number of anilines is 1. The molecule has 168 valence electrons. The van der Waals surface area contributed by atoms with Crippen molar-refractivity contribution in [1.82, 2.24) is 9.21 Å². The first-order chi connectivity index (χ1) is 14.6. The fraction of sp³-hybridized carbons (Fsp3) is 0.409. The van der Waals surface area contributed by atoms with E-state index in [-0.39, 0.29) is 12.5 Å². The second kappa shape index (κ2) is 9.56. The lowest BCUT2D eigenvalue weighted by Crippen LogP contribution is -2.50. The van der Waals surface area contributed by atoms with Crippen molar-refractivity contribution in [1.29, 1.82) is 0 Å². The van der Waals surface area contributed by atoms with Crippen LogP contribution in [0.1, 0.15) is 16.7 Å². The highest BCUT2D eigenvalue weighted by molar-refractivity contribution is 7.89. The van der Waals surface area contributed by atoms with Crippen LogP contribution < -0.4 is 10.1 Å². The predicted molar refractivity (Wildman–Crippen MR) is 122 cm³/mol. The predicted octanol–water partition coefficient (Wildman–Crippen LogP) is 3.22. The van der Waals surface area contributed by atoms with E-state index >= 15 is 0 Å². The first kappa shape index (κ1) is 23.5. The van der Waals surface area contributed by atoms with E-state index in [1.807, 2.05) is 37.8 Å². The minimum atomic E-state index is -3.55. The molecule has 1 heterocycles. The van der Waals surface area contributed by atoms with Crippen LogP contribution in [0.4, 0.5) is 5.69 Å². The van der Waals surface area contributed by atoms with Gasteiger partial charge in [-0.05, 0) is 44.0 Å². The van der Waals surface area contributed by atoms with Crippen LogP contribution in [0.5, 0.6) is 5.75 Å². The number of ether oxygens (including phenoxy) is 1. The zero-order chi connectivity index (χ0) is 22.8. The summed E-state index contributed by atoms with van der Waals surface area (Å²) in [6.07, 6.45) is 0. The summed E-state index contributed by atoms with van der Waals surface area (Å²) in [6.45, 7) is 7.41. The zero-order valence-electron chi connectivity index (χ0n) is 18.2. The molecule has 1 aliphatic heterocycles. The number of benzene rings is 2. The fourth-order valence-corrected chi connectivity index (χ4v) is 5.46. The van der Waals surface area contributed by atoms with Crippen LogP contribution in [0.2, 0.25) is 5.02 Å². The number of nitrogens with one attached hydrogen (secondary N) is 1. The molecule has 0 aromatic heterocycles. The number of hydrogen-bond acceptors (Lipinski definition) is 5. The van der Waals surface area contributed by atoms with E-state index in [1.54, 1.807) is 18.2 Å². The molecule has 3 rings (SSSR count). The number of carbonyl (C=O) groups is 1. The number of nitrogens with zero attached hydrogens (tertiary/aromatic N) is 2. The van der Waals surface area contributed by atoms with E-state index in [0.717, 1.165) is 16.7 Å². The lowest BCUT2D eigenvalue weighted by atomic mass is 10.2. The summed E-state index contributed by atoms with van der Waals surface area (Å²) in [5.41, 5.74) is 3.17. The highest BCUT2D eigenvalue weighted by Gasteiger charge is 2.30. The second-order valence-corrected chi connectivity index (χ2v) is 10.1. The smallest absolute Gasteiger partial charge is 0.243 e. The van der Waals surface area contributed by atoms with Gasteiger partial charge in [-0.1, -0.05) is 29.3 Å². The van der Waals surface area contributed by atoms with Gasteiger partial charge in [0.2, 0.25) is 15.9 Å². The molecule has 1 aliphatic rings. The van der Waals surface area contributed by atoms with Gasteiger partial charge in [-0.2, -0.15) is 4.31 Å². The number of piperazine rings is 1. The van der Waals surface area contributed by atoms with Crippen LogP contribution in [0, 0.1) is 20.8 Å². The van der Waals surface area contributed by atoms with Crippen molar-refractivity contribution in [2.75, 3.05) is 45.2 Å². The Morgan fingerprint density at radius 2 is 1.74 bits per heavy atom. The second-order valence-electron chi connectivity index (χ2n) is 7.80. The van der Waals surface area contributed by atoms with Crippen molar-refractivity contribution in [2.45, 2.75) is 25.7 Å². The van der Waals surface area contributed by atoms with E-state index in [9.17, 15) is 13.2 Å². The van der Waals surface area contributed by atoms with Gasteiger partial charge in [0, 0.05) is 37.3 Å². The van der Waals surface area contributed by atoms with Gasteiger partial charge < -0.3 is 10.1 Å². The molecule has 2 aromatic carbocycles. The number of halogens is 1. The molecule has 0 radical (unpaired) electrons. The summed E-state index contributed by atoms with van der Waals surface area (Å²) in [4.78, 5) is 14.8. The molecule has 2 aromatic rings. The summed E-state index contributed by atoms with van der Waals surface area (Å²) >= 11 is 6.11. The molecule has 1 saturated heterocycles. The van der Waals surface area contributed by atoms with Crippen molar-refractivity contribution < 1.29 is 17.9 Å². The summed E-state index contributed by atoms with van der Waals surface area (Å²) in [5.74, 6) is 0.305. The first-order valence-corrected chi connectivity index (χ1v) is 11.9. The molecule has 1 fully saturated rings. The third-order valence-corrected chi connectivity index (χ3v) is 7.87. The van der Waals surface area contributed by atoms with Crippen LogP contribution >= 0.6 is 11.6 Å². The molecule has 0 bridgehead atoms. The van der Waals surface area contributed by atoms with Gasteiger partial charge in [0.1, 0.15) is 5.75 Å².